The minimum Gasteiger partial charge on any atom is -0.451 e. The molecular formula is C19H24ClFN2O5. The fourth-order valence-electron chi connectivity index (χ4n) is 2.67. The highest BCUT2D eigenvalue weighted by atomic mass is 35.5. The van der Waals surface area contributed by atoms with E-state index < -0.39 is 41.5 Å². The zero-order chi connectivity index (χ0) is 21.1. The van der Waals surface area contributed by atoms with Crippen LogP contribution in [0.15, 0.2) is 18.2 Å². The van der Waals surface area contributed by atoms with Gasteiger partial charge in [-0.2, -0.15) is 0 Å². The second-order valence-corrected chi connectivity index (χ2v) is 7.94. The van der Waals surface area contributed by atoms with E-state index in [-0.39, 0.29) is 10.7 Å². The molecule has 0 spiro atoms. The fraction of sp³-hybridized carbons (Fsp3) is 0.526. The van der Waals surface area contributed by atoms with Gasteiger partial charge >= 0.3 is 12.1 Å². The summed E-state index contributed by atoms with van der Waals surface area (Å²) in [6, 6.07) is 2.91. The summed E-state index contributed by atoms with van der Waals surface area (Å²) in [4.78, 5) is 38.3. The zero-order valence-electron chi connectivity index (χ0n) is 16.3. The molecule has 7 nitrogen and oxygen atoms in total. The Bertz CT molecular complexity index is 765. The molecule has 2 atom stereocenters. The average Bonchev–Trinajstić information content (AvgIpc) is 3.06. The molecule has 1 aromatic carbocycles. The second kappa shape index (κ2) is 8.77. The molecule has 2 amide bonds. The Morgan fingerprint density at radius 1 is 1.32 bits per heavy atom. The van der Waals surface area contributed by atoms with Crippen LogP contribution in [0.2, 0.25) is 5.02 Å². The predicted molar refractivity (Wildman–Crippen MR) is 102 cm³/mol. The first kappa shape index (κ1) is 21.9. The number of nitrogens with one attached hydrogen (secondary N) is 1. The third-order valence-electron chi connectivity index (χ3n) is 4.00. The van der Waals surface area contributed by atoms with Crippen LogP contribution in [-0.4, -0.2) is 47.2 Å². The van der Waals surface area contributed by atoms with Gasteiger partial charge in [-0.05, 0) is 58.7 Å². The maximum Gasteiger partial charge on any atom is 0.411 e. The van der Waals surface area contributed by atoms with E-state index in [4.69, 9.17) is 21.1 Å². The molecule has 0 aromatic heterocycles. The molecule has 1 N–H and O–H groups in total. The highest BCUT2D eigenvalue weighted by Gasteiger charge is 2.38. The number of carbonyl (C=O) groups is 3. The summed E-state index contributed by atoms with van der Waals surface area (Å²) in [6.07, 6.45) is -0.643. The van der Waals surface area contributed by atoms with Crippen LogP contribution in [0.1, 0.15) is 40.5 Å². The molecule has 28 heavy (non-hydrogen) atoms. The molecular weight excluding hydrogens is 391 g/mol. The van der Waals surface area contributed by atoms with Gasteiger partial charge in [0.25, 0.3) is 5.91 Å². The van der Waals surface area contributed by atoms with E-state index in [0.717, 1.165) is 6.07 Å². The van der Waals surface area contributed by atoms with Crippen molar-refractivity contribution < 1.29 is 28.2 Å². The Balaban J connectivity index is 1.95. The molecule has 1 aliphatic rings. The molecule has 1 heterocycles. The van der Waals surface area contributed by atoms with E-state index in [1.165, 1.54) is 24.0 Å². The van der Waals surface area contributed by atoms with E-state index in [1.807, 2.05) is 0 Å². The Labute approximate surface area is 168 Å². The van der Waals surface area contributed by atoms with Crippen molar-refractivity contribution in [2.75, 3.05) is 11.9 Å². The molecule has 1 saturated heterocycles. The summed E-state index contributed by atoms with van der Waals surface area (Å²) in [7, 11) is 0. The van der Waals surface area contributed by atoms with Crippen molar-refractivity contribution in [3.05, 3.63) is 29.0 Å². The molecule has 1 aromatic rings. The lowest BCUT2D eigenvalue weighted by atomic mass is 10.2. The van der Waals surface area contributed by atoms with E-state index in [1.54, 1.807) is 20.8 Å². The van der Waals surface area contributed by atoms with Gasteiger partial charge in [0, 0.05) is 12.2 Å². The number of ether oxygens (including phenoxy) is 2. The number of esters is 1. The summed E-state index contributed by atoms with van der Waals surface area (Å²) < 4.78 is 23.7. The summed E-state index contributed by atoms with van der Waals surface area (Å²) in [5, 5.41) is 2.36. The van der Waals surface area contributed by atoms with Crippen LogP contribution in [0.5, 0.6) is 0 Å². The molecule has 0 saturated carbocycles. The molecule has 2 rings (SSSR count). The van der Waals surface area contributed by atoms with Gasteiger partial charge in [0.1, 0.15) is 17.5 Å². The van der Waals surface area contributed by atoms with Crippen LogP contribution in [0, 0.1) is 5.82 Å². The van der Waals surface area contributed by atoms with Crippen LogP contribution in [-0.2, 0) is 19.1 Å². The lowest BCUT2D eigenvalue weighted by Gasteiger charge is -2.28. The smallest absolute Gasteiger partial charge is 0.411 e. The van der Waals surface area contributed by atoms with Crippen molar-refractivity contribution in [1.82, 2.24) is 4.90 Å². The number of anilines is 1. The molecule has 0 aliphatic carbocycles. The first-order valence-corrected chi connectivity index (χ1v) is 9.32. The van der Waals surface area contributed by atoms with Crippen LogP contribution in [0.4, 0.5) is 14.9 Å². The molecule has 9 heteroatoms. The number of carbonyl (C=O) groups excluding carboxylic acids is 3. The van der Waals surface area contributed by atoms with Gasteiger partial charge in [-0.1, -0.05) is 11.6 Å². The van der Waals surface area contributed by atoms with Gasteiger partial charge in [0.15, 0.2) is 6.10 Å². The number of nitrogens with zero attached hydrogens (tertiary/aromatic N) is 1. The van der Waals surface area contributed by atoms with Crippen molar-refractivity contribution in [3.8, 4) is 0 Å². The first-order chi connectivity index (χ1) is 13.0. The molecule has 154 valence electrons. The van der Waals surface area contributed by atoms with Gasteiger partial charge in [-0.25, -0.2) is 14.0 Å². The Morgan fingerprint density at radius 2 is 2.00 bits per heavy atom. The lowest BCUT2D eigenvalue weighted by molar-refractivity contribution is -0.157. The molecule has 0 unspecified atom stereocenters. The van der Waals surface area contributed by atoms with Crippen molar-refractivity contribution in [2.24, 2.45) is 0 Å². The van der Waals surface area contributed by atoms with Crippen LogP contribution in [0.25, 0.3) is 0 Å². The third-order valence-corrected chi connectivity index (χ3v) is 4.29. The predicted octanol–water partition coefficient (Wildman–Crippen LogP) is 3.75. The lowest BCUT2D eigenvalue weighted by Crippen LogP contribution is -2.45. The fourth-order valence-corrected chi connectivity index (χ4v) is 2.86. The van der Waals surface area contributed by atoms with E-state index in [2.05, 4.69) is 5.32 Å². The van der Waals surface area contributed by atoms with Gasteiger partial charge < -0.3 is 14.8 Å². The summed E-state index contributed by atoms with van der Waals surface area (Å²) >= 11 is 5.68. The van der Waals surface area contributed by atoms with Crippen LogP contribution in [0.3, 0.4) is 0 Å². The minimum absolute atomic E-state index is 0.138. The number of benzene rings is 1. The maximum absolute atomic E-state index is 13.2. The summed E-state index contributed by atoms with van der Waals surface area (Å²) in [6.45, 7) is 7.00. The normalized spacial score (nSPS) is 17.8. The average molecular weight is 415 g/mol. The zero-order valence-corrected chi connectivity index (χ0v) is 17.0. The van der Waals surface area contributed by atoms with E-state index >= 15 is 0 Å². The maximum atomic E-state index is 13.2. The molecule has 0 bridgehead atoms. The number of rotatable bonds is 4. The van der Waals surface area contributed by atoms with Gasteiger partial charge in [-0.3, -0.25) is 9.69 Å². The third kappa shape index (κ3) is 5.82. The van der Waals surface area contributed by atoms with E-state index in [9.17, 15) is 18.8 Å². The first-order valence-electron chi connectivity index (χ1n) is 8.94. The number of hydrogen-bond acceptors (Lipinski definition) is 5. The summed E-state index contributed by atoms with van der Waals surface area (Å²) in [5.41, 5.74) is -0.409. The number of hydrogen-bond donors (Lipinski definition) is 1. The van der Waals surface area contributed by atoms with Crippen LogP contribution < -0.4 is 5.32 Å². The second-order valence-electron chi connectivity index (χ2n) is 7.53. The van der Waals surface area contributed by atoms with Crippen molar-refractivity contribution in [1.29, 1.82) is 0 Å². The molecule has 0 radical (unpaired) electrons. The standard InChI is InChI=1S/C19H24ClFN2O5/c1-11(16(24)22-12-7-8-14(21)13(20)10-12)27-17(25)15-6-5-9-23(15)18(26)28-19(2,3)4/h7-8,10-11,15H,5-6,9H2,1-4H3,(H,22,24)/t11-,15-/m0/s1. The Morgan fingerprint density at radius 3 is 2.61 bits per heavy atom. The molecule has 1 aliphatic heterocycles. The van der Waals surface area contributed by atoms with Crippen molar-refractivity contribution >= 4 is 35.3 Å². The number of likely N-dealkylation sites (tertiary alicyclic amines) is 1. The monoisotopic (exact) mass is 414 g/mol. The van der Waals surface area contributed by atoms with Gasteiger partial charge in [0.05, 0.1) is 5.02 Å². The largest absolute Gasteiger partial charge is 0.451 e. The number of halogens is 2. The van der Waals surface area contributed by atoms with Gasteiger partial charge in [-0.15, -0.1) is 0 Å². The minimum atomic E-state index is -1.11. The van der Waals surface area contributed by atoms with Crippen molar-refractivity contribution in [2.45, 2.75) is 58.3 Å². The van der Waals surface area contributed by atoms with Crippen LogP contribution >= 0.6 is 11.6 Å². The molecule has 1 fully saturated rings. The highest BCUT2D eigenvalue weighted by Crippen LogP contribution is 2.23. The SMILES string of the molecule is C[C@H](OC(=O)[C@@H]1CCCN1C(=O)OC(C)(C)C)C(=O)Nc1ccc(F)c(Cl)c1. The Kier molecular flexibility index (Phi) is 6.87. The van der Waals surface area contributed by atoms with Crippen molar-refractivity contribution in [3.63, 3.8) is 0 Å². The van der Waals surface area contributed by atoms with Gasteiger partial charge in [0.2, 0.25) is 0 Å². The topological polar surface area (TPSA) is 84.9 Å². The number of amides is 2. The highest BCUT2D eigenvalue weighted by molar-refractivity contribution is 6.31. The van der Waals surface area contributed by atoms with E-state index in [0.29, 0.717) is 19.4 Å². The quantitative estimate of drug-likeness (QED) is 0.758. The Hall–Kier alpha value is -2.35. The summed E-state index contributed by atoms with van der Waals surface area (Å²) in [5.74, 6) is -1.89.